The Balaban J connectivity index is 1.79. The predicted octanol–water partition coefficient (Wildman–Crippen LogP) is -0.350. The number of rotatable bonds is 2. The number of cyclic esters (lactones) is 4. The fourth-order valence-electron chi connectivity index (χ4n) is 2.58. The number of hydrogen-bond donors (Lipinski definition) is 0. The standard InChI is InChI=1S/C10H12O9S/c11-9-15-2-7(18-9)5-1-17-20(13,14)4-6(5)8-3-16-10(12)19-8/h5-8H,1-4H2. The maximum atomic E-state index is 11.6. The number of hydrogen-bond acceptors (Lipinski definition) is 9. The molecule has 0 aromatic carbocycles. The Labute approximate surface area is 114 Å². The van der Waals surface area contributed by atoms with Crippen molar-refractivity contribution in [3.05, 3.63) is 0 Å². The first kappa shape index (κ1) is 13.4. The van der Waals surface area contributed by atoms with E-state index in [1.165, 1.54) is 0 Å². The van der Waals surface area contributed by atoms with Gasteiger partial charge in [0.05, 0.1) is 12.4 Å². The smallest absolute Gasteiger partial charge is 0.430 e. The third-order valence-electron chi connectivity index (χ3n) is 3.57. The van der Waals surface area contributed by atoms with Crippen molar-refractivity contribution < 1.29 is 41.1 Å². The Kier molecular flexibility index (Phi) is 3.21. The van der Waals surface area contributed by atoms with E-state index < -0.39 is 46.5 Å². The molecule has 0 aliphatic carbocycles. The lowest BCUT2D eigenvalue weighted by Gasteiger charge is -2.34. The lowest BCUT2D eigenvalue weighted by atomic mass is 9.85. The summed E-state index contributed by atoms with van der Waals surface area (Å²) in [6.07, 6.45) is -2.97. The Bertz CT molecular complexity index is 527. The fourth-order valence-corrected chi connectivity index (χ4v) is 3.98. The van der Waals surface area contributed by atoms with Crippen LogP contribution < -0.4 is 0 Å². The molecule has 0 aromatic heterocycles. The van der Waals surface area contributed by atoms with Crippen LogP contribution in [0.1, 0.15) is 0 Å². The first-order chi connectivity index (χ1) is 9.44. The maximum absolute atomic E-state index is 11.6. The lowest BCUT2D eigenvalue weighted by Crippen LogP contribution is -2.47. The molecule has 0 bridgehead atoms. The van der Waals surface area contributed by atoms with Crippen molar-refractivity contribution in [1.29, 1.82) is 0 Å². The monoisotopic (exact) mass is 308 g/mol. The summed E-state index contributed by atoms with van der Waals surface area (Å²) in [6.45, 7) is -0.162. The highest BCUT2D eigenvalue weighted by atomic mass is 32.2. The minimum atomic E-state index is -3.69. The van der Waals surface area contributed by atoms with E-state index in [2.05, 4.69) is 4.74 Å². The Hall–Kier alpha value is -1.55. The van der Waals surface area contributed by atoms with Crippen molar-refractivity contribution in [2.75, 3.05) is 25.6 Å². The van der Waals surface area contributed by atoms with E-state index in [0.29, 0.717) is 0 Å². The molecule has 20 heavy (non-hydrogen) atoms. The van der Waals surface area contributed by atoms with Gasteiger partial charge in [-0.3, -0.25) is 4.18 Å². The van der Waals surface area contributed by atoms with E-state index in [1.807, 2.05) is 0 Å². The summed E-state index contributed by atoms with van der Waals surface area (Å²) in [5, 5.41) is 0. The topological polar surface area (TPSA) is 114 Å². The second-order valence-electron chi connectivity index (χ2n) is 4.77. The van der Waals surface area contributed by atoms with Gasteiger partial charge in [-0.2, -0.15) is 8.42 Å². The zero-order valence-electron chi connectivity index (χ0n) is 10.2. The maximum Gasteiger partial charge on any atom is 0.508 e. The van der Waals surface area contributed by atoms with Crippen molar-refractivity contribution in [2.45, 2.75) is 12.2 Å². The molecule has 112 valence electrons. The van der Waals surface area contributed by atoms with Gasteiger partial charge in [0.1, 0.15) is 25.4 Å². The highest BCUT2D eigenvalue weighted by Gasteiger charge is 2.49. The third-order valence-corrected chi connectivity index (χ3v) is 4.86. The molecule has 3 aliphatic rings. The van der Waals surface area contributed by atoms with Gasteiger partial charge in [-0.25, -0.2) is 9.59 Å². The van der Waals surface area contributed by atoms with E-state index in [-0.39, 0.29) is 25.6 Å². The molecule has 0 N–H and O–H groups in total. The van der Waals surface area contributed by atoms with Gasteiger partial charge in [-0.15, -0.1) is 0 Å². The number of carbonyl (C=O) groups is 2. The SMILES string of the molecule is O=C1OCC(C2COS(=O)(=O)CC2C2COC(=O)O2)O1. The Morgan fingerprint density at radius 2 is 1.40 bits per heavy atom. The third kappa shape index (κ3) is 2.52. The van der Waals surface area contributed by atoms with E-state index in [4.69, 9.17) is 18.4 Å². The second-order valence-corrected chi connectivity index (χ2v) is 6.46. The highest BCUT2D eigenvalue weighted by Crippen LogP contribution is 2.34. The van der Waals surface area contributed by atoms with Crippen LogP contribution in [0, 0.1) is 11.8 Å². The van der Waals surface area contributed by atoms with Gasteiger partial charge in [-0.05, 0) is 0 Å². The van der Waals surface area contributed by atoms with E-state index >= 15 is 0 Å². The summed E-state index contributed by atoms with van der Waals surface area (Å²) in [4.78, 5) is 22.0. The van der Waals surface area contributed by atoms with Crippen molar-refractivity contribution in [3.63, 3.8) is 0 Å². The van der Waals surface area contributed by atoms with Crippen LogP contribution in [-0.2, 0) is 33.2 Å². The zero-order chi connectivity index (χ0) is 14.3. The van der Waals surface area contributed by atoms with Crippen LogP contribution in [0.2, 0.25) is 0 Å². The van der Waals surface area contributed by atoms with Crippen LogP contribution in [-0.4, -0.2) is 58.5 Å². The van der Waals surface area contributed by atoms with Crippen LogP contribution in [0.15, 0.2) is 0 Å². The molecule has 3 rings (SSSR count). The van der Waals surface area contributed by atoms with Crippen molar-refractivity contribution >= 4 is 22.4 Å². The van der Waals surface area contributed by atoms with E-state index in [0.717, 1.165) is 0 Å². The van der Waals surface area contributed by atoms with Gasteiger partial charge in [0, 0.05) is 11.8 Å². The molecular formula is C10H12O9S. The zero-order valence-corrected chi connectivity index (χ0v) is 11.0. The largest absolute Gasteiger partial charge is 0.508 e. The Morgan fingerprint density at radius 1 is 0.850 bits per heavy atom. The van der Waals surface area contributed by atoms with Crippen LogP contribution in [0.4, 0.5) is 9.59 Å². The van der Waals surface area contributed by atoms with Gasteiger partial charge in [0.15, 0.2) is 0 Å². The molecule has 3 saturated heterocycles. The van der Waals surface area contributed by atoms with Gasteiger partial charge in [-0.1, -0.05) is 0 Å². The van der Waals surface area contributed by atoms with Crippen LogP contribution in [0.25, 0.3) is 0 Å². The molecule has 0 spiro atoms. The summed E-state index contributed by atoms with van der Waals surface area (Å²) in [5.41, 5.74) is 0. The van der Waals surface area contributed by atoms with Gasteiger partial charge < -0.3 is 18.9 Å². The second kappa shape index (κ2) is 4.77. The molecule has 3 aliphatic heterocycles. The average molecular weight is 308 g/mol. The summed E-state index contributed by atoms with van der Waals surface area (Å²) < 4.78 is 47.2. The number of ether oxygens (including phenoxy) is 4. The summed E-state index contributed by atoms with van der Waals surface area (Å²) >= 11 is 0. The minimum Gasteiger partial charge on any atom is -0.430 e. The van der Waals surface area contributed by atoms with Crippen molar-refractivity contribution in [1.82, 2.24) is 0 Å². The molecule has 10 heteroatoms. The predicted molar refractivity (Wildman–Crippen MR) is 59.2 cm³/mol. The van der Waals surface area contributed by atoms with Crippen molar-refractivity contribution in [3.8, 4) is 0 Å². The van der Waals surface area contributed by atoms with Gasteiger partial charge >= 0.3 is 12.3 Å². The lowest BCUT2D eigenvalue weighted by molar-refractivity contribution is 0.00329. The molecule has 3 fully saturated rings. The van der Waals surface area contributed by atoms with E-state index in [1.54, 1.807) is 0 Å². The van der Waals surface area contributed by atoms with Crippen LogP contribution in [0.3, 0.4) is 0 Å². The fraction of sp³-hybridized carbons (Fsp3) is 0.800. The Morgan fingerprint density at radius 3 is 1.90 bits per heavy atom. The van der Waals surface area contributed by atoms with E-state index in [9.17, 15) is 18.0 Å². The summed E-state index contributed by atoms with van der Waals surface area (Å²) in [7, 11) is -3.69. The van der Waals surface area contributed by atoms with Gasteiger partial charge in [0.2, 0.25) is 0 Å². The average Bonchev–Trinajstić information content (AvgIpc) is 2.97. The summed E-state index contributed by atoms with van der Waals surface area (Å²) in [5.74, 6) is -1.34. The highest BCUT2D eigenvalue weighted by molar-refractivity contribution is 7.86. The first-order valence-corrected chi connectivity index (χ1v) is 7.56. The molecule has 9 nitrogen and oxygen atoms in total. The van der Waals surface area contributed by atoms with Crippen LogP contribution in [0.5, 0.6) is 0 Å². The molecule has 0 aromatic rings. The quantitative estimate of drug-likeness (QED) is 0.498. The van der Waals surface area contributed by atoms with Crippen LogP contribution >= 0.6 is 0 Å². The molecular weight excluding hydrogens is 296 g/mol. The van der Waals surface area contributed by atoms with Crippen molar-refractivity contribution in [2.24, 2.45) is 11.8 Å². The summed E-state index contributed by atoms with van der Waals surface area (Å²) in [6, 6.07) is 0. The molecule has 3 heterocycles. The first-order valence-electron chi connectivity index (χ1n) is 5.98. The normalized spacial score (nSPS) is 39.6. The minimum absolute atomic E-state index is 0.0188. The molecule has 4 unspecified atom stereocenters. The molecule has 0 saturated carbocycles. The molecule has 0 amide bonds. The molecule has 0 radical (unpaired) electrons. The van der Waals surface area contributed by atoms with Gasteiger partial charge in [0.25, 0.3) is 10.1 Å². The number of carbonyl (C=O) groups excluding carboxylic acids is 2. The molecule has 4 atom stereocenters.